The number of carbonyl (C=O) groups is 1. The van der Waals surface area contributed by atoms with E-state index < -0.39 is 5.91 Å². The summed E-state index contributed by atoms with van der Waals surface area (Å²) in [6.07, 6.45) is 4.43. The summed E-state index contributed by atoms with van der Waals surface area (Å²) in [6, 6.07) is 12.7. The molecule has 3 rings (SSSR count). The van der Waals surface area contributed by atoms with E-state index in [0.29, 0.717) is 22.8 Å². The molecular weight excluding hydrogens is 372 g/mol. The summed E-state index contributed by atoms with van der Waals surface area (Å²) in [6.45, 7) is 0. The molecule has 1 N–H and O–H groups in total. The Morgan fingerprint density at radius 2 is 1.55 bits per heavy atom. The van der Waals surface area contributed by atoms with Crippen LogP contribution in [0.15, 0.2) is 60.0 Å². The fraction of sp³-hybridized carbons (Fsp3) is 0.143. The molecule has 29 heavy (non-hydrogen) atoms. The number of hydrogen-bond donors (Lipinski definition) is 1. The van der Waals surface area contributed by atoms with Crippen LogP contribution in [-0.4, -0.2) is 43.4 Å². The van der Waals surface area contributed by atoms with Gasteiger partial charge in [-0.05, 0) is 36.4 Å². The van der Waals surface area contributed by atoms with Gasteiger partial charge >= 0.3 is 0 Å². The van der Waals surface area contributed by atoms with Gasteiger partial charge in [-0.3, -0.25) is 9.78 Å². The number of benzene rings is 2. The molecule has 0 saturated carbocycles. The standard InChI is InChI=1S/C21H20N4O4/c1-27-16-6-4-15(5-7-16)19-12-23-20(13-22-19)21(26)25-24-11-14-8-17(28-2)10-18(9-14)29-3/h4-13H,1-3H3,(H,25,26)/b24-11+. The molecular formula is C21H20N4O4. The van der Waals surface area contributed by atoms with Crippen molar-refractivity contribution in [2.75, 3.05) is 21.3 Å². The number of carbonyl (C=O) groups excluding carboxylic acids is 1. The Labute approximate surface area is 168 Å². The molecule has 0 radical (unpaired) electrons. The van der Waals surface area contributed by atoms with Crippen molar-refractivity contribution in [3.05, 3.63) is 66.1 Å². The number of ether oxygens (including phenoxy) is 3. The van der Waals surface area contributed by atoms with E-state index in [1.807, 2.05) is 24.3 Å². The molecule has 0 atom stereocenters. The van der Waals surface area contributed by atoms with Crippen molar-refractivity contribution in [3.8, 4) is 28.5 Å². The molecule has 0 aliphatic carbocycles. The predicted molar refractivity (Wildman–Crippen MR) is 109 cm³/mol. The number of nitrogens with one attached hydrogen (secondary N) is 1. The molecule has 1 heterocycles. The second-order valence-electron chi connectivity index (χ2n) is 5.86. The fourth-order valence-corrected chi connectivity index (χ4v) is 2.48. The maximum Gasteiger partial charge on any atom is 0.291 e. The highest BCUT2D eigenvalue weighted by atomic mass is 16.5. The lowest BCUT2D eigenvalue weighted by molar-refractivity contribution is 0.0950. The van der Waals surface area contributed by atoms with Gasteiger partial charge in [-0.1, -0.05) is 0 Å². The first kappa shape index (κ1) is 19.8. The third-order valence-corrected chi connectivity index (χ3v) is 4.02. The first-order chi connectivity index (χ1) is 14.1. The molecule has 0 fully saturated rings. The van der Waals surface area contributed by atoms with E-state index in [9.17, 15) is 4.79 Å². The van der Waals surface area contributed by atoms with Gasteiger partial charge in [0, 0.05) is 17.2 Å². The first-order valence-corrected chi connectivity index (χ1v) is 8.66. The van der Waals surface area contributed by atoms with Gasteiger partial charge in [-0.2, -0.15) is 5.10 Å². The minimum absolute atomic E-state index is 0.155. The Balaban J connectivity index is 1.65. The maximum atomic E-state index is 12.2. The van der Waals surface area contributed by atoms with Crippen LogP contribution in [0, 0.1) is 0 Å². The van der Waals surface area contributed by atoms with E-state index in [1.165, 1.54) is 18.6 Å². The number of aromatic nitrogens is 2. The van der Waals surface area contributed by atoms with Crippen molar-refractivity contribution in [2.45, 2.75) is 0 Å². The second kappa shape index (κ2) is 9.32. The third-order valence-electron chi connectivity index (χ3n) is 4.02. The number of amides is 1. The average molecular weight is 392 g/mol. The van der Waals surface area contributed by atoms with Crippen molar-refractivity contribution in [2.24, 2.45) is 5.10 Å². The molecule has 1 amide bonds. The Hall–Kier alpha value is -3.94. The summed E-state index contributed by atoms with van der Waals surface area (Å²) in [7, 11) is 4.73. The van der Waals surface area contributed by atoms with Crippen LogP contribution in [-0.2, 0) is 0 Å². The molecule has 1 aromatic heterocycles. The molecule has 0 spiro atoms. The predicted octanol–water partition coefficient (Wildman–Crippen LogP) is 2.93. The second-order valence-corrected chi connectivity index (χ2v) is 5.86. The number of hydrazone groups is 1. The zero-order chi connectivity index (χ0) is 20.6. The smallest absolute Gasteiger partial charge is 0.291 e. The van der Waals surface area contributed by atoms with Crippen molar-refractivity contribution < 1.29 is 19.0 Å². The lowest BCUT2D eigenvalue weighted by Gasteiger charge is -2.05. The molecule has 148 valence electrons. The highest BCUT2D eigenvalue weighted by Gasteiger charge is 2.08. The van der Waals surface area contributed by atoms with Crippen molar-refractivity contribution in [1.29, 1.82) is 0 Å². The van der Waals surface area contributed by atoms with Gasteiger partial charge in [0.05, 0.1) is 45.6 Å². The lowest BCUT2D eigenvalue weighted by Crippen LogP contribution is -2.19. The normalized spacial score (nSPS) is 10.6. The Kier molecular flexibility index (Phi) is 6.36. The SMILES string of the molecule is COc1ccc(-c2cnc(C(=O)N/N=C/c3cc(OC)cc(OC)c3)cn2)cc1. The van der Waals surface area contributed by atoms with Gasteiger partial charge in [0.15, 0.2) is 0 Å². The molecule has 0 unspecified atom stereocenters. The summed E-state index contributed by atoms with van der Waals surface area (Å²) >= 11 is 0. The van der Waals surface area contributed by atoms with Crippen LogP contribution in [0.25, 0.3) is 11.3 Å². The monoisotopic (exact) mass is 392 g/mol. The van der Waals surface area contributed by atoms with Gasteiger partial charge in [-0.25, -0.2) is 10.4 Å². The molecule has 0 aliphatic heterocycles. The minimum atomic E-state index is -0.468. The molecule has 0 bridgehead atoms. The number of rotatable bonds is 7. The molecule has 0 saturated heterocycles. The summed E-state index contributed by atoms with van der Waals surface area (Å²) in [4.78, 5) is 20.7. The molecule has 0 aliphatic rings. The van der Waals surface area contributed by atoms with Crippen LogP contribution in [0.4, 0.5) is 0 Å². The summed E-state index contributed by atoms with van der Waals surface area (Å²) in [5, 5.41) is 3.95. The van der Waals surface area contributed by atoms with E-state index in [1.54, 1.807) is 39.5 Å². The van der Waals surface area contributed by atoms with Crippen LogP contribution < -0.4 is 19.6 Å². The minimum Gasteiger partial charge on any atom is -0.497 e. The molecule has 8 heteroatoms. The molecule has 2 aromatic carbocycles. The Bertz CT molecular complexity index is 980. The highest BCUT2D eigenvalue weighted by molar-refractivity contribution is 5.93. The molecule has 8 nitrogen and oxygen atoms in total. The summed E-state index contributed by atoms with van der Waals surface area (Å²) in [5.74, 6) is 1.53. The molecule has 3 aromatic rings. The van der Waals surface area contributed by atoms with Gasteiger partial charge < -0.3 is 14.2 Å². The highest BCUT2D eigenvalue weighted by Crippen LogP contribution is 2.21. The number of hydrogen-bond acceptors (Lipinski definition) is 7. The lowest BCUT2D eigenvalue weighted by atomic mass is 10.1. The van der Waals surface area contributed by atoms with Gasteiger partial charge in [0.2, 0.25) is 0 Å². The van der Waals surface area contributed by atoms with Crippen LogP contribution in [0.5, 0.6) is 17.2 Å². The fourth-order valence-electron chi connectivity index (χ4n) is 2.48. The van der Waals surface area contributed by atoms with Crippen LogP contribution in [0.1, 0.15) is 16.1 Å². The van der Waals surface area contributed by atoms with Gasteiger partial charge in [0.25, 0.3) is 5.91 Å². The van der Waals surface area contributed by atoms with E-state index in [2.05, 4.69) is 20.5 Å². The van der Waals surface area contributed by atoms with E-state index >= 15 is 0 Å². The largest absolute Gasteiger partial charge is 0.497 e. The average Bonchev–Trinajstić information content (AvgIpc) is 2.78. The quantitative estimate of drug-likeness (QED) is 0.491. The number of nitrogens with zero attached hydrogens (tertiary/aromatic N) is 3. The Morgan fingerprint density at radius 3 is 2.10 bits per heavy atom. The van der Waals surface area contributed by atoms with E-state index in [4.69, 9.17) is 14.2 Å². The zero-order valence-electron chi connectivity index (χ0n) is 16.2. The van der Waals surface area contributed by atoms with Gasteiger partial charge in [0.1, 0.15) is 22.9 Å². The van der Waals surface area contributed by atoms with Crippen molar-refractivity contribution in [3.63, 3.8) is 0 Å². The van der Waals surface area contributed by atoms with Crippen LogP contribution in [0.3, 0.4) is 0 Å². The summed E-state index contributed by atoms with van der Waals surface area (Å²) in [5.41, 5.74) is 4.81. The van der Waals surface area contributed by atoms with Crippen molar-refractivity contribution >= 4 is 12.1 Å². The van der Waals surface area contributed by atoms with Gasteiger partial charge in [-0.15, -0.1) is 0 Å². The van der Waals surface area contributed by atoms with E-state index in [-0.39, 0.29) is 5.69 Å². The first-order valence-electron chi connectivity index (χ1n) is 8.66. The van der Waals surface area contributed by atoms with Crippen LogP contribution in [0.2, 0.25) is 0 Å². The Morgan fingerprint density at radius 1 is 0.897 bits per heavy atom. The number of methoxy groups -OCH3 is 3. The zero-order valence-corrected chi connectivity index (χ0v) is 16.2. The third kappa shape index (κ3) is 5.07. The van der Waals surface area contributed by atoms with Crippen LogP contribution >= 0.6 is 0 Å². The van der Waals surface area contributed by atoms with E-state index in [0.717, 1.165) is 11.3 Å². The maximum absolute atomic E-state index is 12.2. The summed E-state index contributed by atoms with van der Waals surface area (Å²) < 4.78 is 15.5. The van der Waals surface area contributed by atoms with Crippen molar-refractivity contribution in [1.82, 2.24) is 15.4 Å². The topological polar surface area (TPSA) is 94.9 Å².